The van der Waals surface area contributed by atoms with E-state index in [-0.39, 0.29) is 11.3 Å². The molecule has 13 heavy (non-hydrogen) atoms. The molecule has 0 fully saturated rings. The molecule has 1 N–H and O–H groups in total. The van der Waals surface area contributed by atoms with Crippen LogP contribution in [0.5, 0.6) is 5.75 Å². The van der Waals surface area contributed by atoms with Gasteiger partial charge in [-0.25, -0.2) is 4.39 Å². The summed E-state index contributed by atoms with van der Waals surface area (Å²) < 4.78 is 18.0. The highest BCUT2D eigenvalue weighted by Gasteiger charge is 2.07. The topological polar surface area (TPSA) is 41.8 Å². The normalized spacial score (nSPS) is 10.6. The van der Waals surface area contributed by atoms with E-state index in [2.05, 4.69) is 5.16 Å². The molecule has 1 rings (SSSR count). The van der Waals surface area contributed by atoms with Crippen LogP contribution in [0.4, 0.5) is 4.39 Å². The van der Waals surface area contributed by atoms with Gasteiger partial charge in [0.2, 0.25) is 0 Å². The van der Waals surface area contributed by atoms with E-state index in [4.69, 9.17) is 17.8 Å². The predicted octanol–water partition coefficient (Wildman–Crippen LogP) is 0.436. The van der Waals surface area contributed by atoms with Crippen LogP contribution in [0.25, 0.3) is 0 Å². The van der Waals surface area contributed by atoms with Gasteiger partial charge in [-0.1, -0.05) is 16.7 Å². The van der Waals surface area contributed by atoms with E-state index in [1.807, 2.05) is 0 Å². The Morgan fingerprint density at radius 1 is 1.62 bits per heavy atom. The number of halogens is 1. The van der Waals surface area contributed by atoms with Crippen molar-refractivity contribution in [1.29, 1.82) is 0 Å². The summed E-state index contributed by atoms with van der Waals surface area (Å²) in [7, 11) is 6.78. The van der Waals surface area contributed by atoms with E-state index in [1.54, 1.807) is 0 Å². The maximum atomic E-state index is 13.3. The molecule has 1 aromatic carbocycles. The average molecular weight is 179 g/mol. The van der Waals surface area contributed by atoms with Gasteiger partial charge in [-0.2, -0.15) is 0 Å². The third-order valence-electron chi connectivity index (χ3n) is 1.51. The summed E-state index contributed by atoms with van der Waals surface area (Å²) in [6.07, 6.45) is 0.953. The highest BCUT2D eigenvalue weighted by molar-refractivity contribution is 6.32. The Morgan fingerprint density at radius 3 is 2.85 bits per heavy atom. The molecule has 3 nitrogen and oxygen atoms in total. The summed E-state index contributed by atoms with van der Waals surface area (Å²) in [5.41, 5.74) is 0.424. The second kappa shape index (κ2) is 3.93. The molecule has 0 aliphatic heterocycles. The maximum Gasteiger partial charge on any atom is 0.173 e. The monoisotopic (exact) mass is 179 g/mol. The van der Waals surface area contributed by atoms with Crippen LogP contribution in [-0.2, 0) is 0 Å². The number of nitrogens with zero attached hydrogens (tertiary/aromatic N) is 1. The lowest BCUT2D eigenvalue weighted by atomic mass is 9.94. The molecular weight excluding hydrogens is 172 g/mol. The molecule has 0 spiro atoms. The van der Waals surface area contributed by atoms with Crippen molar-refractivity contribution in [1.82, 2.24) is 0 Å². The van der Waals surface area contributed by atoms with Crippen LogP contribution < -0.4 is 10.2 Å². The minimum Gasteiger partial charge on any atom is -0.494 e. The molecule has 1 aromatic rings. The molecule has 0 bridgehead atoms. The molecule has 5 heteroatoms. The molecule has 0 aliphatic rings. The summed E-state index contributed by atoms with van der Waals surface area (Å²) >= 11 is 0. The van der Waals surface area contributed by atoms with Gasteiger partial charge >= 0.3 is 0 Å². The molecule has 2 radical (unpaired) electrons. The third-order valence-corrected chi connectivity index (χ3v) is 1.51. The SMILES string of the molecule is [B]c1cc(/C=N/O)c(F)c(OC)c1. The first-order valence-corrected chi connectivity index (χ1v) is 3.49. The van der Waals surface area contributed by atoms with Crippen molar-refractivity contribution in [2.24, 2.45) is 5.16 Å². The van der Waals surface area contributed by atoms with Gasteiger partial charge in [-0.15, -0.1) is 0 Å². The largest absolute Gasteiger partial charge is 0.494 e. The lowest BCUT2D eigenvalue weighted by Gasteiger charge is -2.05. The second-order valence-corrected chi connectivity index (χ2v) is 2.37. The minimum absolute atomic E-state index is 0.0231. The first-order valence-electron chi connectivity index (χ1n) is 3.49. The van der Waals surface area contributed by atoms with Crippen LogP contribution in [0.15, 0.2) is 17.3 Å². The molecule has 0 saturated heterocycles. The van der Waals surface area contributed by atoms with E-state index >= 15 is 0 Å². The van der Waals surface area contributed by atoms with Gasteiger partial charge in [-0.3, -0.25) is 0 Å². The van der Waals surface area contributed by atoms with Gasteiger partial charge in [0, 0.05) is 5.56 Å². The van der Waals surface area contributed by atoms with Crippen LogP contribution in [0.2, 0.25) is 0 Å². The van der Waals surface area contributed by atoms with Gasteiger partial charge in [-0.05, 0) is 6.07 Å². The first-order chi connectivity index (χ1) is 6.19. The van der Waals surface area contributed by atoms with Gasteiger partial charge in [0.15, 0.2) is 11.6 Å². The zero-order chi connectivity index (χ0) is 9.84. The van der Waals surface area contributed by atoms with Gasteiger partial charge in [0.05, 0.1) is 13.3 Å². The lowest BCUT2D eigenvalue weighted by molar-refractivity contribution is 0.321. The Kier molecular flexibility index (Phi) is 2.90. The molecule has 66 valence electrons. The van der Waals surface area contributed by atoms with Gasteiger partial charge in [0.25, 0.3) is 0 Å². The van der Waals surface area contributed by atoms with Crippen LogP contribution in [-0.4, -0.2) is 26.4 Å². The van der Waals surface area contributed by atoms with E-state index in [9.17, 15) is 4.39 Å². The Bertz CT molecular complexity index is 341. The second-order valence-electron chi connectivity index (χ2n) is 2.37. The van der Waals surface area contributed by atoms with Crippen molar-refractivity contribution in [2.75, 3.05) is 7.11 Å². The zero-order valence-electron chi connectivity index (χ0n) is 6.99. The zero-order valence-corrected chi connectivity index (χ0v) is 6.99. The van der Waals surface area contributed by atoms with Gasteiger partial charge < -0.3 is 9.94 Å². The number of benzene rings is 1. The Labute approximate surface area is 76.2 Å². The van der Waals surface area contributed by atoms with Crippen molar-refractivity contribution >= 4 is 19.5 Å². The molecular formula is C8H7BFNO2. The van der Waals surface area contributed by atoms with Crippen molar-refractivity contribution in [3.63, 3.8) is 0 Å². The predicted molar refractivity (Wildman–Crippen MR) is 47.7 cm³/mol. The number of hydrogen-bond donors (Lipinski definition) is 1. The van der Waals surface area contributed by atoms with Crippen LogP contribution in [0.1, 0.15) is 5.56 Å². The molecule has 0 aromatic heterocycles. The smallest absolute Gasteiger partial charge is 0.173 e. The van der Waals surface area contributed by atoms with E-state index in [1.165, 1.54) is 19.2 Å². The van der Waals surface area contributed by atoms with E-state index in [0.717, 1.165) is 6.21 Å². The lowest BCUT2D eigenvalue weighted by Crippen LogP contribution is -2.07. The minimum atomic E-state index is -0.602. The van der Waals surface area contributed by atoms with Crippen molar-refractivity contribution in [3.05, 3.63) is 23.5 Å². The van der Waals surface area contributed by atoms with Crippen LogP contribution in [0, 0.1) is 5.82 Å². The van der Waals surface area contributed by atoms with E-state index < -0.39 is 5.82 Å². The van der Waals surface area contributed by atoms with Crippen molar-refractivity contribution in [2.45, 2.75) is 0 Å². The summed E-state index contributed by atoms with van der Waals surface area (Å²) in [5.74, 6) is -0.579. The third kappa shape index (κ3) is 1.99. The van der Waals surface area contributed by atoms with Crippen molar-refractivity contribution in [3.8, 4) is 5.75 Å². The number of ether oxygens (including phenoxy) is 1. The molecule has 0 amide bonds. The standard InChI is InChI=1S/C8H7BFNO2/c1-13-7-3-6(9)2-5(4-11-12)8(7)10/h2-4,12H,1H3/b11-4+. The molecule has 0 aliphatic carbocycles. The van der Waals surface area contributed by atoms with Gasteiger partial charge in [0.1, 0.15) is 7.85 Å². The Hall–Kier alpha value is -1.52. The summed E-state index contributed by atoms with van der Waals surface area (Å²) in [5, 5.41) is 10.9. The fourth-order valence-corrected chi connectivity index (χ4v) is 0.946. The maximum absolute atomic E-state index is 13.3. The quantitative estimate of drug-likeness (QED) is 0.309. The van der Waals surface area contributed by atoms with E-state index in [0.29, 0.717) is 5.46 Å². The first kappa shape index (κ1) is 9.57. The fourth-order valence-electron chi connectivity index (χ4n) is 0.946. The summed E-state index contributed by atoms with van der Waals surface area (Å²) in [6.45, 7) is 0. The average Bonchev–Trinajstić information content (AvgIpc) is 2.11. The number of hydrogen-bond acceptors (Lipinski definition) is 3. The molecule has 0 saturated carbocycles. The Balaban J connectivity index is 3.26. The van der Waals surface area contributed by atoms with Crippen molar-refractivity contribution < 1.29 is 14.3 Å². The fraction of sp³-hybridized carbons (Fsp3) is 0.125. The summed E-state index contributed by atoms with van der Waals surface area (Å²) in [6, 6.07) is 2.70. The molecule has 0 unspecified atom stereocenters. The number of rotatable bonds is 2. The highest BCUT2D eigenvalue weighted by atomic mass is 19.1. The Morgan fingerprint density at radius 2 is 2.31 bits per heavy atom. The van der Waals surface area contributed by atoms with Crippen LogP contribution >= 0.6 is 0 Å². The molecule has 0 heterocycles. The summed E-state index contributed by atoms with van der Waals surface area (Å²) in [4.78, 5) is 0. The number of oxime groups is 1. The highest BCUT2D eigenvalue weighted by Crippen LogP contribution is 2.16. The molecule has 0 atom stereocenters. The van der Waals surface area contributed by atoms with Crippen LogP contribution in [0.3, 0.4) is 0 Å². The number of methoxy groups -OCH3 is 1.